The highest BCUT2D eigenvalue weighted by atomic mass is 32.1. The predicted octanol–water partition coefficient (Wildman–Crippen LogP) is 3.67. The fraction of sp³-hybridized carbons (Fsp3) is 0.227. The third kappa shape index (κ3) is 3.68. The van der Waals surface area contributed by atoms with Crippen LogP contribution in [0, 0.1) is 6.92 Å². The van der Waals surface area contributed by atoms with E-state index >= 15 is 0 Å². The molecule has 6 heteroatoms. The number of rotatable bonds is 6. The number of carbonyl (C=O) groups excluding carboxylic acids is 1. The van der Waals surface area contributed by atoms with E-state index < -0.39 is 0 Å². The molecule has 2 heterocycles. The van der Waals surface area contributed by atoms with Crippen molar-refractivity contribution in [1.82, 2.24) is 15.1 Å². The minimum absolute atomic E-state index is 0.0644. The van der Waals surface area contributed by atoms with Crippen LogP contribution in [-0.4, -0.2) is 22.2 Å². The van der Waals surface area contributed by atoms with E-state index in [0.29, 0.717) is 11.9 Å². The Bertz CT molecular complexity index is 1200. The molecule has 4 rings (SSSR count). The molecule has 0 unspecified atom stereocenters. The molecule has 0 spiro atoms. The van der Waals surface area contributed by atoms with E-state index in [2.05, 4.69) is 22.5 Å². The first-order valence-corrected chi connectivity index (χ1v) is 10.1. The van der Waals surface area contributed by atoms with Crippen LogP contribution in [0.2, 0.25) is 0 Å². The van der Waals surface area contributed by atoms with Gasteiger partial charge < -0.3 is 5.32 Å². The Labute approximate surface area is 166 Å². The summed E-state index contributed by atoms with van der Waals surface area (Å²) >= 11 is 1.57. The molecule has 0 bridgehead atoms. The summed E-state index contributed by atoms with van der Waals surface area (Å²) in [5, 5.41) is 8.84. The molecule has 0 saturated carbocycles. The summed E-state index contributed by atoms with van der Waals surface area (Å²) in [5.74, 6) is -0.194. The maximum Gasteiger partial charge on any atom is 0.276 e. The molecule has 0 atom stereocenters. The van der Waals surface area contributed by atoms with Crippen molar-refractivity contribution in [3.63, 3.8) is 0 Å². The molecule has 4 aromatic rings. The predicted molar refractivity (Wildman–Crippen MR) is 114 cm³/mol. The van der Waals surface area contributed by atoms with Crippen LogP contribution in [0.4, 0.5) is 0 Å². The van der Waals surface area contributed by atoms with Crippen molar-refractivity contribution in [3.8, 4) is 0 Å². The van der Waals surface area contributed by atoms with E-state index in [1.165, 1.54) is 10.2 Å². The van der Waals surface area contributed by atoms with Gasteiger partial charge in [-0.15, -0.1) is 11.3 Å². The lowest BCUT2D eigenvalue weighted by Crippen LogP contribution is -2.34. The lowest BCUT2D eigenvalue weighted by Gasteiger charge is -2.08. The molecule has 0 radical (unpaired) electrons. The summed E-state index contributed by atoms with van der Waals surface area (Å²) < 4.78 is 3.23. The first-order valence-electron chi connectivity index (χ1n) is 9.33. The summed E-state index contributed by atoms with van der Waals surface area (Å²) in [6.45, 7) is 2.39. The van der Waals surface area contributed by atoms with Crippen LogP contribution < -0.4 is 10.9 Å². The van der Waals surface area contributed by atoms with Crippen molar-refractivity contribution in [2.45, 2.75) is 26.3 Å². The van der Waals surface area contributed by atoms with Crippen molar-refractivity contribution < 1.29 is 4.79 Å². The van der Waals surface area contributed by atoms with Gasteiger partial charge in [0.2, 0.25) is 5.91 Å². The van der Waals surface area contributed by atoms with Gasteiger partial charge in [0.15, 0.2) is 0 Å². The van der Waals surface area contributed by atoms with Gasteiger partial charge in [-0.25, -0.2) is 4.68 Å². The third-order valence-corrected chi connectivity index (χ3v) is 6.02. The van der Waals surface area contributed by atoms with Crippen molar-refractivity contribution >= 4 is 37.4 Å². The second kappa shape index (κ2) is 7.94. The van der Waals surface area contributed by atoms with Gasteiger partial charge in [0.05, 0.1) is 15.8 Å². The zero-order chi connectivity index (χ0) is 19.5. The van der Waals surface area contributed by atoms with E-state index in [1.807, 2.05) is 49.4 Å². The maximum atomic E-state index is 12.9. The van der Waals surface area contributed by atoms with Gasteiger partial charge in [-0.2, -0.15) is 5.10 Å². The summed E-state index contributed by atoms with van der Waals surface area (Å²) in [6, 6.07) is 18.0. The first-order chi connectivity index (χ1) is 13.6. The largest absolute Gasteiger partial charge is 0.354 e. The number of hydrogen-bond donors (Lipinski definition) is 1. The number of thiophene rings is 1. The Kier molecular flexibility index (Phi) is 5.21. The fourth-order valence-electron chi connectivity index (χ4n) is 3.38. The highest BCUT2D eigenvalue weighted by Gasteiger charge is 2.15. The number of amides is 1. The van der Waals surface area contributed by atoms with Gasteiger partial charge in [-0.3, -0.25) is 9.59 Å². The van der Waals surface area contributed by atoms with Gasteiger partial charge in [0.1, 0.15) is 6.54 Å². The zero-order valence-corrected chi connectivity index (χ0v) is 16.5. The third-order valence-electron chi connectivity index (χ3n) is 4.74. The molecule has 0 fully saturated rings. The van der Waals surface area contributed by atoms with Gasteiger partial charge in [-0.1, -0.05) is 48.5 Å². The Balaban J connectivity index is 1.47. The average Bonchev–Trinajstić information content (AvgIpc) is 3.10. The van der Waals surface area contributed by atoms with E-state index in [4.69, 9.17) is 0 Å². The lowest BCUT2D eigenvalue weighted by atomic mass is 10.1. The average molecular weight is 391 g/mol. The fourth-order valence-corrected chi connectivity index (χ4v) is 4.51. The minimum atomic E-state index is -0.211. The molecule has 0 aliphatic carbocycles. The van der Waals surface area contributed by atoms with Gasteiger partial charge in [-0.05, 0) is 31.4 Å². The van der Waals surface area contributed by atoms with Crippen LogP contribution in [0.15, 0.2) is 59.4 Å². The molecule has 28 heavy (non-hydrogen) atoms. The SMILES string of the molecule is Cc1nn(CC(=O)NCCCc2ccccc2)c(=O)c2c1sc1ccccc12. The first kappa shape index (κ1) is 18.4. The summed E-state index contributed by atoms with van der Waals surface area (Å²) in [4.78, 5) is 25.3. The van der Waals surface area contributed by atoms with Gasteiger partial charge in [0.25, 0.3) is 5.56 Å². The van der Waals surface area contributed by atoms with Crippen molar-refractivity contribution in [3.05, 3.63) is 76.2 Å². The van der Waals surface area contributed by atoms with Crippen molar-refractivity contribution in [2.75, 3.05) is 6.54 Å². The quantitative estimate of drug-likeness (QED) is 0.510. The molecule has 2 aromatic carbocycles. The Hall–Kier alpha value is -2.99. The van der Waals surface area contributed by atoms with E-state index in [0.717, 1.165) is 33.3 Å². The van der Waals surface area contributed by atoms with Crippen LogP contribution >= 0.6 is 11.3 Å². The van der Waals surface area contributed by atoms with Gasteiger partial charge >= 0.3 is 0 Å². The number of hydrogen-bond acceptors (Lipinski definition) is 4. The zero-order valence-electron chi connectivity index (χ0n) is 15.6. The van der Waals surface area contributed by atoms with E-state index in [9.17, 15) is 9.59 Å². The van der Waals surface area contributed by atoms with Crippen LogP contribution in [0.25, 0.3) is 20.2 Å². The summed E-state index contributed by atoms with van der Waals surface area (Å²) in [5.41, 5.74) is 1.81. The van der Waals surface area contributed by atoms with E-state index in [-0.39, 0.29) is 18.0 Å². The topological polar surface area (TPSA) is 64.0 Å². The second-order valence-electron chi connectivity index (χ2n) is 6.79. The number of aromatic nitrogens is 2. The minimum Gasteiger partial charge on any atom is -0.354 e. The van der Waals surface area contributed by atoms with Gasteiger partial charge in [0, 0.05) is 16.6 Å². The highest BCUT2D eigenvalue weighted by Crippen LogP contribution is 2.32. The van der Waals surface area contributed by atoms with Crippen molar-refractivity contribution in [2.24, 2.45) is 0 Å². The number of nitrogens with one attached hydrogen (secondary N) is 1. The molecule has 0 aliphatic heterocycles. The highest BCUT2D eigenvalue weighted by molar-refractivity contribution is 7.26. The lowest BCUT2D eigenvalue weighted by molar-refractivity contribution is -0.121. The van der Waals surface area contributed by atoms with Crippen LogP contribution in [0.1, 0.15) is 17.7 Å². The molecule has 142 valence electrons. The number of nitrogens with zero attached hydrogens (tertiary/aromatic N) is 2. The van der Waals surface area contributed by atoms with Crippen molar-refractivity contribution in [1.29, 1.82) is 0 Å². The molecule has 1 N–H and O–H groups in total. The molecule has 1 amide bonds. The second-order valence-corrected chi connectivity index (χ2v) is 7.84. The Morgan fingerprint density at radius 1 is 1.11 bits per heavy atom. The molecule has 0 saturated heterocycles. The molecule has 0 aliphatic rings. The van der Waals surface area contributed by atoms with Crippen LogP contribution in [0.5, 0.6) is 0 Å². The molecule has 2 aromatic heterocycles. The number of aryl methyl sites for hydroxylation is 2. The number of fused-ring (bicyclic) bond motifs is 3. The van der Waals surface area contributed by atoms with Crippen LogP contribution in [0.3, 0.4) is 0 Å². The van der Waals surface area contributed by atoms with E-state index in [1.54, 1.807) is 11.3 Å². The maximum absolute atomic E-state index is 12.9. The standard InChI is InChI=1S/C22H21N3O2S/c1-15-21-20(17-11-5-6-12-18(17)28-21)22(27)25(24-15)14-19(26)23-13-7-10-16-8-3-2-4-9-16/h2-6,8-9,11-12H,7,10,13-14H2,1H3,(H,23,26). The smallest absolute Gasteiger partial charge is 0.276 e. The number of benzene rings is 2. The molecule has 5 nitrogen and oxygen atoms in total. The Morgan fingerprint density at radius 3 is 2.68 bits per heavy atom. The molecular weight excluding hydrogens is 370 g/mol. The Morgan fingerprint density at radius 2 is 1.86 bits per heavy atom. The summed E-state index contributed by atoms with van der Waals surface area (Å²) in [6.07, 6.45) is 1.76. The number of carbonyl (C=O) groups is 1. The molecular formula is C22H21N3O2S. The van der Waals surface area contributed by atoms with Crippen LogP contribution in [-0.2, 0) is 17.8 Å². The monoisotopic (exact) mass is 391 g/mol. The normalized spacial score (nSPS) is 11.2. The summed E-state index contributed by atoms with van der Waals surface area (Å²) in [7, 11) is 0.